The molecule has 1 heterocycles. The molecule has 0 aromatic carbocycles. The van der Waals surface area contributed by atoms with Gasteiger partial charge in [0.15, 0.2) is 0 Å². The van der Waals surface area contributed by atoms with Gasteiger partial charge in [0.25, 0.3) is 0 Å². The van der Waals surface area contributed by atoms with Crippen LogP contribution in [0.2, 0.25) is 0 Å². The number of rotatable bonds is 0. The fraction of sp³-hybridized carbons (Fsp3) is 0.905. The summed E-state index contributed by atoms with van der Waals surface area (Å²) in [6.07, 6.45) is 10.3. The molecular formula is C21H40N2. The predicted molar refractivity (Wildman–Crippen MR) is 102 cm³/mol. The van der Waals surface area contributed by atoms with Crippen LogP contribution in [0.4, 0.5) is 0 Å². The molecule has 0 aromatic rings. The van der Waals surface area contributed by atoms with Crippen molar-refractivity contribution in [2.75, 3.05) is 0 Å². The Morgan fingerprint density at radius 2 is 1.00 bits per heavy atom. The van der Waals surface area contributed by atoms with E-state index in [1.54, 1.807) is 0 Å². The molecule has 0 saturated carbocycles. The van der Waals surface area contributed by atoms with Gasteiger partial charge in [-0.05, 0) is 72.6 Å². The van der Waals surface area contributed by atoms with Gasteiger partial charge in [-0.15, -0.1) is 0 Å². The molecule has 2 unspecified atom stereocenters. The number of allylic oxidation sites excluding steroid dienone is 2. The Morgan fingerprint density at radius 3 is 1.26 bits per heavy atom. The summed E-state index contributed by atoms with van der Waals surface area (Å²) >= 11 is 0. The standard InChI is InChI=1S/C21H40N2/c1-19(2,3)18-22(20(4,5)6)16-14-12-10-11-13-15-17(16)23(18)21(7,8)9/h10-11,16-18H,12-15H2,1-9H3/b11-10-. The third-order valence-corrected chi connectivity index (χ3v) is 5.43. The summed E-state index contributed by atoms with van der Waals surface area (Å²) < 4.78 is 0. The highest BCUT2D eigenvalue weighted by molar-refractivity contribution is 5.10. The van der Waals surface area contributed by atoms with Gasteiger partial charge in [-0.1, -0.05) is 32.9 Å². The first-order chi connectivity index (χ1) is 10.3. The summed E-state index contributed by atoms with van der Waals surface area (Å²) in [5.41, 5.74) is 0.641. The molecule has 1 aliphatic heterocycles. The highest BCUT2D eigenvalue weighted by Crippen LogP contribution is 2.47. The zero-order chi connectivity index (χ0) is 17.6. The molecule has 1 fully saturated rings. The second kappa shape index (κ2) is 6.19. The van der Waals surface area contributed by atoms with Crippen molar-refractivity contribution in [3.63, 3.8) is 0 Å². The largest absolute Gasteiger partial charge is 0.278 e. The summed E-state index contributed by atoms with van der Waals surface area (Å²) in [7, 11) is 0. The Balaban J connectivity index is 2.55. The van der Waals surface area contributed by atoms with Crippen molar-refractivity contribution in [1.82, 2.24) is 9.80 Å². The summed E-state index contributed by atoms with van der Waals surface area (Å²) in [6.45, 7) is 21.7. The Kier molecular flexibility index (Phi) is 5.11. The first-order valence-electron chi connectivity index (χ1n) is 9.57. The van der Waals surface area contributed by atoms with E-state index in [1.807, 2.05) is 0 Å². The number of hydrogen-bond donors (Lipinski definition) is 0. The fourth-order valence-electron chi connectivity index (χ4n) is 4.86. The first kappa shape index (κ1) is 19.0. The van der Waals surface area contributed by atoms with E-state index in [4.69, 9.17) is 0 Å². The average molecular weight is 321 g/mol. The molecule has 1 saturated heterocycles. The lowest BCUT2D eigenvalue weighted by atomic mass is 9.86. The van der Waals surface area contributed by atoms with Gasteiger partial charge in [-0.3, -0.25) is 9.80 Å². The lowest BCUT2D eigenvalue weighted by molar-refractivity contribution is -0.0593. The SMILES string of the molecule is CC(C)(C)C1N(C(C)(C)C)C2CC/C=C\CCC2N1C(C)(C)C. The fourth-order valence-corrected chi connectivity index (χ4v) is 4.86. The molecule has 0 spiro atoms. The van der Waals surface area contributed by atoms with Crippen molar-refractivity contribution in [1.29, 1.82) is 0 Å². The molecule has 134 valence electrons. The monoisotopic (exact) mass is 320 g/mol. The quantitative estimate of drug-likeness (QED) is 0.548. The Hall–Kier alpha value is -0.340. The minimum atomic E-state index is 0.198. The number of nitrogens with zero attached hydrogens (tertiary/aromatic N) is 2. The smallest absolute Gasteiger partial charge is 0.0686 e. The third-order valence-electron chi connectivity index (χ3n) is 5.43. The normalized spacial score (nSPS) is 33.2. The van der Waals surface area contributed by atoms with Crippen molar-refractivity contribution in [2.24, 2.45) is 5.41 Å². The third kappa shape index (κ3) is 3.85. The van der Waals surface area contributed by atoms with Crippen LogP contribution < -0.4 is 0 Å². The van der Waals surface area contributed by atoms with E-state index in [2.05, 4.69) is 84.3 Å². The van der Waals surface area contributed by atoms with Crippen molar-refractivity contribution in [3.8, 4) is 0 Å². The minimum Gasteiger partial charge on any atom is -0.278 e. The molecule has 2 atom stereocenters. The summed E-state index contributed by atoms with van der Waals surface area (Å²) in [4.78, 5) is 5.73. The van der Waals surface area contributed by atoms with Crippen molar-refractivity contribution >= 4 is 0 Å². The zero-order valence-electron chi connectivity index (χ0n) is 17.1. The van der Waals surface area contributed by atoms with Gasteiger partial charge in [0, 0.05) is 23.2 Å². The molecule has 23 heavy (non-hydrogen) atoms. The molecule has 0 radical (unpaired) electrons. The Labute approximate surface area is 145 Å². The van der Waals surface area contributed by atoms with E-state index in [0.29, 0.717) is 18.2 Å². The molecule has 0 aromatic heterocycles. The van der Waals surface area contributed by atoms with E-state index < -0.39 is 0 Å². The number of fused-ring (bicyclic) bond motifs is 1. The van der Waals surface area contributed by atoms with Crippen LogP contribution in [-0.2, 0) is 0 Å². The highest BCUT2D eigenvalue weighted by atomic mass is 15.5. The van der Waals surface area contributed by atoms with Crippen LogP contribution in [0.15, 0.2) is 12.2 Å². The van der Waals surface area contributed by atoms with Crippen LogP contribution in [0, 0.1) is 5.41 Å². The maximum Gasteiger partial charge on any atom is 0.0686 e. The average Bonchev–Trinajstić information content (AvgIpc) is 2.61. The van der Waals surface area contributed by atoms with E-state index in [-0.39, 0.29) is 16.5 Å². The van der Waals surface area contributed by atoms with Crippen LogP contribution in [0.25, 0.3) is 0 Å². The van der Waals surface area contributed by atoms with Crippen LogP contribution in [0.5, 0.6) is 0 Å². The molecule has 0 amide bonds. The van der Waals surface area contributed by atoms with E-state index in [0.717, 1.165) is 0 Å². The Morgan fingerprint density at radius 1 is 0.652 bits per heavy atom. The zero-order valence-corrected chi connectivity index (χ0v) is 17.1. The predicted octanol–water partition coefficient (Wildman–Crippen LogP) is 5.44. The molecular weight excluding hydrogens is 280 g/mol. The molecule has 0 bridgehead atoms. The molecule has 1 aliphatic carbocycles. The Bertz CT molecular complexity index is 396. The van der Waals surface area contributed by atoms with Crippen molar-refractivity contribution in [2.45, 2.75) is 117 Å². The number of hydrogen-bond acceptors (Lipinski definition) is 2. The second-order valence-corrected chi connectivity index (χ2v) is 10.7. The van der Waals surface area contributed by atoms with Crippen LogP contribution >= 0.6 is 0 Å². The van der Waals surface area contributed by atoms with Gasteiger partial charge in [0.2, 0.25) is 0 Å². The maximum absolute atomic E-state index is 2.86. The first-order valence-corrected chi connectivity index (χ1v) is 9.57. The maximum atomic E-state index is 2.86. The van der Waals surface area contributed by atoms with Gasteiger partial charge in [-0.25, -0.2) is 0 Å². The lowest BCUT2D eigenvalue weighted by Gasteiger charge is -2.50. The second-order valence-electron chi connectivity index (χ2n) is 10.7. The topological polar surface area (TPSA) is 6.48 Å². The van der Waals surface area contributed by atoms with Crippen molar-refractivity contribution < 1.29 is 0 Å². The van der Waals surface area contributed by atoms with Crippen LogP contribution in [0.1, 0.15) is 88.0 Å². The van der Waals surface area contributed by atoms with Gasteiger partial charge in [0.1, 0.15) is 0 Å². The lowest BCUT2D eigenvalue weighted by Crippen LogP contribution is -2.59. The van der Waals surface area contributed by atoms with Crippen LogP contribution in [-0.4, -0.2) is 39.1 Å². The van der Waals surface area contributed by atoms with Gasteiger partial charge in [0.05, 0.1) is 6.17 Å². The molecule has 2 heteroatoms. The van der Waals surface area contributed by atoms with E-state index >= 15 is 0 Å². The van der Waals surface area contributed by atoms with E-state index in [9.17, 15) is 0 Å². The van der Waals surface area contributed by atoms with Crippen LogP contribution in [0.3, 0.4) is 0 Å². The molecule has 2 rings (SSSR count). The molecule has 0 N–H and O–H groups in total. The minimum absolute atomic E-state index is 0.198. The van der Waals surface area contributed by atoms with Gasteiger partial charge < -0.3 is 0 Å². The van der Waals surface area contributed by atoms with Crippen molar-refractivity contribution in [3.05, 3.63) is 12.2 Å². The van der Waals surface area contributed by atoms with Gasteiger partial charge in [-0.2, -0.15) is 0 Å². The van der Waals surface area contributed by atoms with Gasteiger partial charge >= 0.3 is 0 Å². The van der Waals surface area contributed by atoms with E-state index in [1.165, 1.54) is 25.7 Å². The molecule has 2 nitrogen and oxygen atoms in total. The molecule has 2 aliphatic rings. The summed E-state index contributed by atoms with van der Waals surface area (Å²) in [5, 5.41) is 0. The summed E-state index contributed by atoms with van der Waals surface area (Å²) in [6, 6.07) is 1.34. The summed E-state index contributed by atoms with van der Waals surface area (Å²) in [5.74, 6) is 0. The highest BCUT2D eigenvalue weighted by Gasteiger charge is 2.56.